The number of guanidine groups is 1. The lowest BCUT2D eigenvalue weighted by Gasteiger charge is -2.51. The average molecular weight is 769 g/mol. The number of benzene rings is 1. The Balaban J connectivity index is 1.83. The highest BCUT2D eigenvalue weighted by Gasteiger charge is 2.46. The molecule has 0 aromatic heterocycles. The van der Waals surface area contributed by atoms with Crippen molar-refractivity contribution in [2.75, 3.05) is 13.1 Å². The minimum Gasteiger partial charge on any atom is -0.444 e. The number of nitrogens with one attached hydrogen (secondary N) is 5. The maximum atomic E-state index is 14.5. The minimum atomic E-state index is -0.895. The molecule has 0 spiro atoms. The molecule has 0 unspecified atom stereocenters. The molecule has 0 saturated carbocycles. The van der Waals surface area contributed by atoms with Gasteiger partial charge in [0.2, 0.25) is 17.7 Å². The van der Waals surface area contributed by atoms with Crippen LogP contribution in [0.1, 0.15) is 113 Å². The highest BCUT2D eigenvalue weighted by atomic mass is 16.6. The van der Waals surface area contributed by atoms with Crippen molar-refractivity contribution in [3.05, 3.63) is 48.0 Å². The van der Waals surface area contributed by atoms with Crippen molar-refractivity contribution >= 4 is 29.8 Å². The van der Waals surface area contributed by atoms with Gasteiger partial charge in [0, 0.05) is 30.2 Å². The molecule has 0 aliphatic carbocycles. The molecule has 2 saturated heterocycles. The number of rotatable bonds is 16. The number of carbonyl (C=O) groups is 4. The zero-order valence-corrected chi connectivity index (χ0v) is 34.5. The van der Waals surface area contributed by atoms with Crippen molar-refractivity contribution in [2.45, 2.75) is 155 Å². The second-order valence-corrected chi connectivity index (χ2v) is 17.8. The first-order valence-electron chi connectivity index (χ1n) is 19.8. The van der Waals surface area contributed by atoms with Gasteiger partial charge in [-0.15, -0.1) is 0 Å². The molecule has 14 heteroatoms. The summed E-state index contributed by atoms with van der Waals surface area (Å²) in [4.78, 5) is 56.8. The summed E-state index contributed by atoms with van der Waals surface area (Å²) in [6.45, 7) is 18.0. The zero-order valence-electron chi connectivity index (χ0n) is 34.5. The van der Waals surface area contributed by atoms with Crippen LogP contribution in [-0.2, 0) is 25.5 Å². The van der Waals surface area contributed by atoms with Gasteiger partial charge in [0.15, 0.2) is 5.96 Å². The molecule has 4 atom stereocenters. The number of piperidine rings is 1. The number of carbonyl (C=O) groups excluding carboxylic acids is 4. The molecule has 0 radical (unpaired) electrons. The second-order valence-electron chi connectivity index (χ2n) is 17.8. The number of nitrogens with zero attached hydrogens (tertiary/aromatic N) is 2. The van der Waals surface area contributed by atoms with E-state index in [9.17, 15) is 24.4 Å². The van der Waals surface area contributed by atoms with Crippen molar-refractivity contribution < 1.29 is 29.1 Å². The Morgan fingerprint density at radius 1 is 1.04 bits per heavy atom. The minimum absolute atomic E-state index is 0.180. The fraction of sp³-hybridized carbons (Fsp3) is 0.683. The number of nitrogens with two attached hydrogens (primary N) is 1. The van der Waals surface area contributed by atoms with Gasteiger partial charge in [-0.05, 0) is 111 Å². The molecule has 308 valence electrons. The molecular weight excluding hydrogens is 701 g/mol. The number of ether oxygens (including phenoxy) is 1. The molecule has 4 amide bonds. The van der Waals surface area contributed by atoms with E-state index in [0.717, 1.165) is 5.56 Å². The van der Waals surface area contributed by atoms with Gasteiger partial charge in [0.1, 0.15) is 17.7 Å². The molecule has 1 aromatic carbocycles. The number of hydrogen-bond acceptors (Lipinski definition) is 8. The first kappa shape index (κ1) is 45.2. The van der Waals surface area contributed by atoms with Gasteiger partial charge in [-0.1, -0.05) is 56.3 Å². The van der Waals surface area contributed by atoms with Gasteiger partial charge >= 0.3 is 6.09 Å². The smallest absolute Gasteiger partial charge is 0.408 e. The van der Waals surface area contributed by atoms with E-state index in [1.165, 1.54) is 5.06 Å². The Kier molecular flexibility index (Phi) is 16.1. The first-order valence-corrected chi connectivity index (χ1v) is 19.8. The van der Waals surface area contributed by atoms with Gasteiger partial charge < -0.3 is 41.8 Å². The summed E-state index contributed by atoms with van der Waals surface area (Å²) in [6.07, 6.45) is 7.04. The normalized spacial score (nSPS) is 20.4. The fourth-order valence-corrected chi connectivity index (χ4v) is 7.78. The monoisotopic (exact) mass is 769 g/mol. The summed E-state index contributed by atoms with van der Waals surface area (Å²) < 4.78 is 5.51. The second kappa shape index (κ2) is 19.6. The number of hydrogen-bond donors (Lipinski definition) is 7. The zero-order chi connectivity index (χ0) is 41.1. The van der Waals surface area contributed by atoms with E-state index >= 15 is 0 Å². The number of alkyl carbamates (subject to hydrolysis) is 1. The molecule has 8 N–H and O–H groups in total. The lowest BCUT2D eigenvalue weighted by molar-refractivity contribution is -0.246. The first-order chi connectivity index (χ1) is 25.6. The van der Waals surface area contributed by atoms with Crippen molar-refractivity contribution in [1.29, 1.82) is 5.41 Å². The van der Waals surface area contributed by atoms with Gasteiger partial charge in [-0.25, -0.2) is 4.79 Å². The Labute approximate surface area is 328 Å². The fourth-order valence-electron chi connectivity index (χ4n) is 7.78. The van der Waals surface area contributed by atoms with Crippen LogP contribution in [0.4, 0.5) is 4.79 Å². The van der Waals surface area contributed by atoms with E-state index in [1.54, 1.807) is 25.7 Å². The van der Waals surface area contributed by atoms with E-state index in [0.29, 0.717) is 58.0 Å². The van der Waals surface area contributed by atoms with Gasteiger partial charge in [0.05, 0.1) is 12.0 Å². The lowest BCUT2D eigenvalue weighted by atomic mass is 9.79. The van der Waals surface area contributed by atoms with Gasteiger partial charge in [0.25, 0.3) is 0 Å². The average Bonchev–Trinajstić information content (AvgIpc) is 3.56. The quantitative estimate of drug-likeness (QED) is 0.0543. The number of likely N-dealkylation sites (tertiary alicyclic amines) is 1. The molecule has 2 fully saturated rings. The molecule has 2 aliphatic heterocycles. The molecule has 55 heavy (non-hydrogen) atoms. The van der Waals surface area contributed by atoms with Crippen LogP contribution >= 0.6 is 0 Å². The molecular formula is C41H68N8O6. The third-order valence-corrected chi connectivity index (χ3v) is 10.1. The Hall–Kier alpha value is -4.17. The third kappa shape index (κ3) is 14.4. The topological polar surface area (TPSA) is 202 Å². The predicted molar refractivity (Wildman–Crippen MR) is 214 cm³/mol. The van der Waals surface area contributed by atoms with E-state index in [-0.39, 0.29) is 42.2 Å². The van der Waals surface area contributed by atoms with Crippen LogP contribution < -0.4 is 27.0 Å². The van der Waals surface area contributed by atoms with Crippen molar-refractivity contribution in [1.82, 2.24) is 31.2 Å². The van der Waals surface area contributed by atoms with Crippen LogP contribution in [0.3, 0.4) is 0 Å². The van der Waals surface area contributed by atoms with Crippen LogP contribution in [0.5, 0.6) is 0 Å². The Morgan fingerprint density at radius 2 is 1.67 bits per heavy atom. The van der Waals surface area contributed by atoms with E-state index in [2.05, 4.69) is 35.1 Å². The number of hydroxylamine groups is 2. The summed E-state index contributed by atoms with van der Waals surface area (Å²) >= 11 is 0. The van der Waals surface area contributed by atoms with Crippen molar-refractivity contribution in [3.63, 3.8) is 0 Å². The molecule has 2 heterocycles. The Bertz CT molecular complexity index is 1470. The predicted octanol–water partition coefficient (Wildman–Crippen LogP) is 4.61. The van der Waals surface area contributed by atoms with Crippen molar-refractivity contribution in [3.8, 4) is 0 Å². The maximum Gasteiger partial charge on any atom is 0.408 e. The molecule has 3 rings (SSSR count). The highest BCUT2D eigenvalue weighted by molar-refractivity contribution is 5.93. The summed E-state index contributed by atoms with van der Waals surface area (Å²) in [5, 5.41) is 31.4. The third-order valence-electron chi connectivity index (χ3n) is 10.1. The van der Waals surface area contributed by atoms with E-state index < -0.39 is 46.7 Å². The Morgan fingerprint density at radius 3 is 2.25 bits per heavy atom. The van der Waals surface area contributed by atoms with Crippen LogP contribution in [0, 0.1) is 17.2 Å². The summed E-state index contributed by atoms with van der Waals surface area (Å²) in [7, 11) is 0. The highest BCUT2D eigenvalue weighted by Crippen LogP contribution is 2.36. The largest absolute Gasteiger partial charge is 0.444 e. The molecule has 0 bridgehead atoms. The number of amides is 4. The van der Waals surface area contributed by atoms with Crippen LogP contribution in [0.25, 0.3) is 0 Å². The van der Waals surface area contributed by atoms with Crippen LogP contribution in [0.15, 0.2) is 42.5 Å². The summed E-state index contributed by atoms with van der Waals surface area (Å²) in [5.41, 5.74) is 4.60. The molecule has 2 aliphatic rings. The maximum absolute atomic E-state index is 14.5. The van der Waals surface area contributed by atoms with E-state index in [1.807, 2.05) is 70.2 Å². The van der Waals surface area contributed by atoms with Crippen molar-refractivity contribution in [2.24, 2.45) is 17.6 Å². The van der Waals surface area contributed by atoms with Crippen LogP contribution in [-0.4, -0.2) is 98.9 Å². The standard InChI is InChI=1S/C41H68N8O6/c1-27(2)23-30(46-38(53)55-39(3,4)5)20-19-29(24-28-15-11-10-12-16-28)36(52)48-22-14-18-33(48)35(51)47-32(17-13-21-44-37(42)43)34(50)45-31-25-40(6,7)49(54)41(8,9)26-31/h10-12,15-16,19-20,27,29-33,54H,13-14,17-18,21-26H2,1-9H3,(H,45,50)(H,46,53)(H,47,51)(H4,42,43,44)/b20-19+/t29-,30-,32+,33+/m1/s1. The SMILES string of the molecule is CC(C)C[C@@H](/C=C/[C@H](Cc1ccccc1)C(=O)N1CCC[C@H]1C(=O)N[C@@H](CCCNC(=N)N)C(=O)NC1CC(C)(C)N(O)C(C)(C)C1)NC(=O)OC(C)(C)C. The van der Waals surface area contributed by atoms with Gasteiger partial charge in [-0.2, -0.15) is 5.06 Å². The lowest BCUT2D eigenvalue weighted by Crippen LogP contribution is -2.64. The molecule has 14 nitrogen and oxygen atoms in total. The van der Waals surface area contributed by atoms with Gasteiger partial charge in [-0.3, -0.25) is 19.8 Å². The summed E-state index contributed by atoms with van der Waals surface area (Å²) in [5.74, 6) is -1.49. The summed E-state index contributed by atoms with van der Waals surface area (Å²) in [6, 6.07) is 7.40. The van der Waals surface area contributed by atoms with E-state index in [4.69, 9.17) is 15.9 Å². The molecule has 1 aromatic rings. The van der Waals surface area contributed by atoms with Crippen LogP contribution in [0.2, 0.25) is 0 Å².